The van der Waals surface area contributed by atoms with Crippen molar-refractivity contribution in [3.63, 3.8) is 0 Å². The van der Waals surface area contributed by atoms with E-state index in [2.05, 4.69) is 60.8 Å². The molecule has 2 aromatic rings. The predicted octanol–water partition coefficient (Wildman–Crippen LogP) is 3.86. The number of aryl methyl sites for hydroxylation is 1. The number of allylic oxidation sites excluding steroid dienone is 2. The van der Waals surface area contributed by atoms with Gasteiger partial charge >= 0.3 is 0 Å². The number of rotatable bonds is 1. The van der Waals surface area contributed by atoms with Gasteiger partial charge in [0.1, 0.15) is 0 Å². The monoisotopic (exact) mass is 221 g/mol. The van der Waals surface area contributed by atoms with Crippen molar-refractivity contribution in [1.82, 2.24) is 5.32 Å². The van der Waals surface area contributed by atoms with Crippen LogP contribution >= 0.6 is 0 Å². The Morgan fingerprint density at radius 2 is 1.94 bits per heavy atom. The average molecular weight is 221 g/mol. The zero-order valence-electron chi connectivity index (χ0n) is 9.85. The van der Waals surface area contributed by atoms with Crippen LogP contribution < -0.4 is 5.32 Å². The van der Waals surface area contributed by atoms with Gasteiger partial charge in [0.15, 0.2) is 0 Å². The van der Waals surface area contributed by atoms with Crippen LogP contribution in [0.4, 0.5) is 0 Å². The highest BCUT2D eigenvalue weighted by molar-refractivity contribution is 5.86. The number of benzene rings is 2. The SMILES string of the molecule is Cc1cc(C2C=CC=CN2)cc2ccccc12. The van der Waals surface area contributed by atoms with Crippen molar-refractivity contribution >= 4 is 10.8 Å². The Morgan fingerprint density at radius 1 is 1.06 bits per heavy atom. The van der Waals surface area contributed by atoms with E-state index in [9.17, 15) is 0 Å². The molecule has 1 unspecified atom stereocenters. The van der Waals surface area contributed by atoms with E-state index in [1.807, 2.05) is 12.3 Å². The molecule has 0 amide bonds. The largest absolute Gasteiger partial charge is 0.381 e. The number of nitrogens with one attached hydrogen (secondary N) is 1. The molecule has 0 saturated carbocycles. The van der Waals surface area contributed by atoms with Crippen LogP contribution in [0, 0.1) is 6.92 Å². The Labute approximate surface area is 101 Å². The molecular formula is C16H15N. The summed E-state index contributed by atoms with van der Waals surface area (Å²) in [5, 5.41) is 6.01. The molecule has 0 bridgehead atoms. The third-order valence-corrected chi connectivity index (χ3v) is 3.24. The van der Waals surface area contributed by atoms with Crippen molar-refractivity contribution in [1.29, 1.82) is 0 Å². The molecule has 0 radical (unpaired) electrons. The molecule has 1 heterocycles. The Balaban J connectivity index is 2.12. The molecule has 1 aliphatic rings. The summed E-state index contributed by atoms with van der Waals surface area (Å²) < 4.78 is 0. The third kappa shape index (κ3) is 1.84. The third-order valence-electron chi connectivity index (χ3n) is 3.24. The van der Waals surface area contributed by atoms with Gasteiger partial charge in [-0.25, -0.2) is 0 Å². The van der Waals surface area contributed by atoms with Crippen molar-refractivity contribution in [2.24, 2.45) is 0 Å². The van der Waals surface area contributed by atoms with Gasteiger partial charge in [-0.3, -0.25) is 0 Å². The number of hydrogen-bond donors (Lipinski definition) is 1. The van der Waals surface area contributed by atoms with Crippen LogP contribution in [0.25, 0.3) is 10.8 Å². The van der Waals surface area contributed by atoms with Crippen molar-refractivity contribution in [3.05, 3.63) is 72.0 Å². The van der Waals surface area contributed by atoms with Crippen LogP contribution in [0.1, 0.15) is 17.2 Å². The summed E-state index contributed by atoms with van der Waals surface area (Å²) in [6, 6.07) is 13.4. The molecule has 1 nitrogen and oxygen atoms in total. The van der Waals surface area contributed by atoms with Gasteiger partial charge in [-0.2, -0.15) is 0 Å². The first kappa shape index (κ1) is 10.2. The first-order valence-corrected chi connectivity index (χ1v) is 5.93. The zero-order chi connectivity index (χ0) is 11.7. The van der Waals surface area contributed by atoms with Crippen LogP contribution in [0.5, 0.6) is 0 Å². The lowest BCUT2D eigenvalue weighted by Crippen LogP contribution is -2.14. The number of dihydropyridines is 1. The predicted molar refractivity (Wildman–Crippen MR) is 72.8 cm³/mol. The standard InChI is InChI=1S/C16H15N/c1-12-10-14(16-8-4-5-9-17-16)11-13-6-2-3-7-15(12)13/h2-11,16-17H,1H3. The molecule has 84 valence electrons. The summed E-state index contributed by atoms with van der Waals surface area (Å²) in [4.78, 5) is 0. The van der Waals surface area contributed by atoms with Crippen LogP contribution in [0.2, 0.25) is 0 Å². The van der Waals surface area contributed by atoms with Gasteiger partial charge in [0.05, 0.1) is 6.04 Å². The molecule has 1 heteroatoms. The van der Waals surface area contributed by atoms with Gasteiger partial charge in [0.25, 0.3) is 0 Å². The molecule has 0 fully saturated rings. The van der Waals surface area contributed by atoms with Crippen molar-refractivity contribution in [2.75, 3.05) is 0 Å². The Hall–Kier alpha value is -2.02. The van der Waals surface area contributed by atoms with Crippen LogP contribution in [-0.4, -0.2) is 0 Å². The average Bonchev–Trinajstić information content (AvgIpc) is 2.40. The number of fused-ring (bicyclic) bond motifs is 1. The van der Waals surface area contributed by atoms with E-state index < -0.39 is 0 Å². The summed E-state index contributed by atoms with van der Waals surface area (Å²) in [5.41, 5.74) is 2.66. The lowest BCUT2D eigenvalue weighted by atomic mass is 9.97. The second-order valence-corrected chi connectivity index (χ2v) is 4.45. The fraction of sp³-hybridized carbons (Fsp3) is 0.125. The second kappa shape index (κ2) is 4.10. The molecule has 1 aliphatic heterocycles. The molecule has 1 atom stereocenters. The summed E-state index contributed by atoms with van der Waals surface area (Å²) in [6.07, 6.45) is 8.29. The van der Waals surface area contributed by atoms with Crippen molar-refractivity contribution < 1.29 is 0 Å². The van der Waals surface area contributed by atoms with Crippen LogP contribution in [-0.2, 0) is 0 Å². The molecule has 0 spiro atoms. The lowest BCUT2D eigenvalue weighted by molar-refractivity contribution is 0.747. The topological polar surface area (TPSA) is 12.0 Å². The molecule has 0 saturated heterocycles. The van der Waals surface area contributed by atoms with E-state index >= 15 is 0 Å². The maximum absolute atomic E-state index is 3.36. The van der Waals surface area contributed by atoms with E-state index in [-0.39, 0.29) is 0 Å². The minimum atomic E-state index is 0.295. The quantitative estimate of drug-likeness (QED) is 0.771. The fourth-order valence-electron chi connectivity index (χ4n) is 2.36. The Morgan fingerprint density at radius 3 is 2.76 bits per heavy atom. The smallest absolute Gasteiger partial charge is 0.0696 e. The first-order valence-electron chi connectivity index (χ1n) is 5.93. The van der Waals surface area contributed by atoms with Gasteiger partial charge in [0.2, 0.25) is 0 Å². The normalized spacial score (nSPS) is 18.3. The maximum Gasteiger partial charge on any atom is 0.0696 e. The summed E-state index contributed by atoms with van der Waals surface area (Å²) in [7, 11) is 0. The zero-order valence-corrected chi connectivity index (χ0v) is 9.85. The van der Waals surface area contributed by atoms with Crippen molar-refractivity contribution in [3.8, 4) is 0 Å². The van der Waals surface area contributed by atoms with Crippen LogP contribution in [0.3, 0.4) is 0 Å². The fourth-order valence-corrected chi connectivity index (χ4v) is 2.36. The summed E-state index contributed by atoms with van der Waals surface area (Å²) in [6.45, 7) is 2.17. The minimum absolute atomic E-state index is 0.295. The van der Waals surface area contributed by atoms with Gasteiger partial charge in [0, 0.05) is 0 Å². The highest BCUT2D eigenvalue weighted by atomic mass is 14.9. The molecule has 17 heavy (non-hydrogen) atoms. The second-order valence-electron chi connectivity index (χ2n) is 4.45. The molecule has 1 N–H and O–H groups in total. The molecule has 0 aromatic heterocycles. The molecule has 0 aliphatic carbocycles. The van der Waals surface area contributed by atoms with Crippen LogP contribution in [0.15, 0.2) is 60.8 Å². The van der Waals surface area contributed by atoms with Crippen molar-refractivity contribution in [2.45, 2.75) is 13.0 Å². The summed E-state index contributed by atoms with van der Waals surface area (Å²) in [5.74, 6) is 0. The maximum atomic E-state index is 3.36. The minimum Gasteiger partial charge on any atom is -0.381 e. The first-order chi connectivity index (χ1) is 8.34. The lowest BCUT2D eigenvalue weighted by Gasteiger charge is -2.17. The molecule has 3 rings (SSSR count). The van der Waals surface area contributed by atoms with Gasteiger partial charge in [-0.1, -0.05) is 42.5 Å². The highest BCUT2D eigenvalue weighted by Crippen LogP contribution is 2.25. The van der Waals surface area contributed by atoms with E-state index in [0.29, 0.717) is 6.04 Å². The Bertz CT molecular complexity index is 608. The van der Waals surface area contributed by atoms with E-state index in [1.165, 1.54) is 21.9 Å². The van der Waals surface area contributed by atoms with E-state index in [0.717, 1.165) is 0 Å². The van der Waals surface area contributed by atoms with Gasteiger partial charge in [-0.15, -0.1) is 0 Å². The van der Waals surface area contributed by atoms with E-state index in [4.69, 9.17) is 0 Å². The van der Waals surface area contributed by atoms with Gasteiger partial charge < -0.3 is 5.32 Å². The summed E-state index contributed by atoms with van der Waals surface area (Å²) >= 11 is 0. The molecular weight excluding hydrogens is 206 g/mol. The van der Waals surface area contributed by atoms with Gasteiger partial charge in [-0.05, 0) is 47.2 Å². The molecule has 2 aromatic carbocycles. The highest BCUT2D eigenvalue weighted by Gasteiger charge is 2.09. The Kier molecular flexibility index (Phi) is 2.45. The number of hydrogen-bond acceptors (Lipinski definition) is 1. The van der Waals surface area contributed by atoms with E-state index in [1.54, 1.807) is 0 Å².